The Bertz CT molecular complexity index is 2380. The molecule has 314 valence electrons. The predicted molar refractivity (Wildman–Crippen MR) is 227 cm³/mol. The summed E-state index contributed by atoms with van der Waals surface area (Å²) >= 11 is 6.25. The number of aromatic nitrogens is 4. The number of hydrogen-bond donors (Lipinski definition) is 2. The number of nitrogens with zero attached hydrogens (tertiary/aromatic N) is 8. The van der Waals surface area contributed by atoms with Crippen LogP contribution in [0.15, 0.2) is 59.8 Å². The van der Waals surface area contributed by atoms with E-state index in [2.05, 4.69) is 74.2 Å². The van der Waals surface area contributed by atoms with E-state index in [0.29, 0.717) is 39.2 Å². The molecule has 16 heteroatoms. The number of nitrogens with one attached hydrogen (secondary N) is 2. The van der Waals surface area contributed by atoms with Crippen LogP contribution in [0.3, 0.4) is 0 Å². The van der Waals surface area contributed by atoms with E-state index in [9.17, 15) is 24.4 Å². The van der Waals surface area contributed by atoms with Crippen molar-refractivity contribution in [3.05, 3.63) is 81.5 Å². The molecule has 0 radical (unpaired) electrons. The zero-order chi connectivity index (χ0) is 42.3. The largest absolute Gasteiger partial charge is 0.489 e. The molecule has 2 N–H and O–H groups in total. The van der Waals surface area contributed by atoms with E-state index in [-0.39, 0.29) is 53.2 Å². The van der Waals surface area contributed by atoms with Crippen LogP contribution >= 0.6 is 11.6 Å². The number of anilines is 2. The maximum Gasteiger partial charge on any atom is 0.275 e. The van der Waals surface area contributed by atoms with Crippen LogP contribution in [0, 0.1) is 28.1 Å². The zero-order valence-electron chi connectivity index (χ0n) is 34.5. The summed E-state index contributed by atoms with van der Waals surface area (Å²) in [5.41, 5.74) is 0.763. The molecule has 1 aliphatic carbocycles. The molecule has 1 saturated carbocycles. The highest BCUT2D eigenvalue weighted by Gasteiger charge is 2.64. The molecule has 3 saturated heterocycles. The van der Waals surface area contributed by atoms with Crippen molar-refractivity contribution in [1.82, 2.24) is 35.3 Å². The van der Waals surface area contributed by atoms with E-state index >= 15 is 0 Å². The first kappa shape index (κ1) is 41.2. The number of fused-ring (bicyclic) bond motifs is 1. The van der Waals surface area contributed by atoms with Gasteiger partial charge in [-0.1, -0.05) is 39.3 Å². The van der Waals surface area contributed by atoms with Crippen molar-refractivity contribution in [2.24, 2.45) is 16.7 Å². The fourth-order valence-electron chi connectivity index (χ4n) is 9.91. The molecule has 60 heavy (non-hydrogen) atoms. The Kier molecular flexibility index (Phi) is 11.3. The SMILES string of the molecule is CC1(C)[C@H](NC(=O)c2cnc(N3CCC(CCN4CCN(c5ccc6c(=O)n([C@@H]7CCC(=O)NC7=O)ncc6c5)CC4)CC3)nc2)C(C)(C)[C@H]1Oc1ccc(C#N)c(Cl)c1. The van der Waals surface area contributed by atoms with Gasteiger partial charge in [0, 0.05) is 92.1 Å². The third kappa shape index (κ3) is 8.02. The molecule has 0 unspecified atom stereocenters. The molecule has 8 rings (SSSR count). The van der Waals surface area contributed by atoms with Crippen LogP contribution < -0.4 is 30.7 Å². The number of piperidine rings is 2. The van der Waals surface area contributed by atoms with Gasteiger partial charge >= 0.3 is 0 Å². The van der Waals surface area contributed by atoms with Gasteiger partial charge in [-0.2, -0.15) is 10.4 Å². The van der Waals surface area contributed by atoms with Crippen molar-refractivity contribution >= 4 is 51.7 Å². The molecule has 1 atom stereocenters. The highest BCUT2D eigenvalue weighted by Crippen LogP contribution is 2.55. The first-order valence-corrected chi connectivity index (χ1v) is 21.2. The number of rotatable bonds is 10. The minimum Gasteiger partial charge on any atom is -0.489 e. The summed E-state index contributed by atoms with van der Waals surface area (Å²) in [6.45, 7) is 14.8. The van der Waals surface area contributed by atoms with E-state index in [1.165, 1.54) is 4.68 Å². The minimum atomic E-state index is -0.783. The molecule has 0 bridgehead atoms. The van der Waals surface area contributed by atoms with Gasteiger partial charge in [-0.3, -0.25) is 29.4 Å². The number of carbonyl (C=O) groups is 3. The van der Waals surface area contributed by atoms with E-state index in [1.54, 1.807) is 36.8 Å². The average Bonchev–Trinajstić information content (AvgIpc) is 3.24. The Hall–Kier alpha value is -5.59. The Morgan fingerprint density at radius 2 is 1.65 bits per heavy atom. The number of imide groups is 1. The molecule has 15 nitrogen and oxygen atoms in total. The highest BCUT2D eigenvalue weighted by molar-refractivity contribution is 6.31. The smallest absolute Gasteiger partial charge is 0.275 e. The molecule has 2 aromatic carbocycles. The number of hydrogen-bond acceptors (Lipinski definition) is 12. The van der Waals surface area contributed by atoms with Crippen LogP contribution in [0.2, 0.25) is 5.02 Å². The first-order chi connectivity index (χ1) is 28.7. The molecule has 2 aromatic heterocycles. The van der Waals surface area contributed by atoms with Crippen LogP contribution in [0.5, 0.6) is 5.75 Å². The van der Waals surface area contributed by atoms with Crippen LogP contribution in [-0.4, -0.2) is 100 Å². The number of carbonyl (C=O) groups excluding carboxylic acids is 3. The summed E-state index contributed by atoms with van der Waals surface area (Å²) in [5.74, 6) is 0.812. The molecular weight excluding hydrogens is 784 g/mol. The van der Waals surface area contributed by atoms with Crippen molar-refractivity contribution in [3.63, 3.8) is 0 Å². The molecule has 3 aliphatic heterocycles. The molecule has 0 spiro atoms. The normalized spacial score (nSPS) is 23.1. The van der Waals surface area contributed by atoms with Gasteiger partial charge in [-0.25, -0.2) is 14.6 Å². The van der Waals surface area contributed by atoms with Crippen LogP contribution in [0.1, 0.15) is 81.8 Å². The van der Waals surface area contributed by atoms with Crippen LogP contribution in [0.4, 0.5) is 11.6 Å². The van der Waals surface area contributed by atoms with Crippen molar-refractivity contribution in [2.75, 3.05) is 55.6 Å². The summed E-state index contributed by atoms with van der Waals surface area (Å²) in [6, 6.07) is 12.0. The van der Waals surface area contributed by atoms with Gasteiger partial charge in [0.2, 0.25) is 11.9 Å². The lowest BCUT2D eigenvalue weighted by molar-refractivity contribution is -0.164. The van der Waals surface area contributed by atoms with Gasteiger partial charge in [0.05, 0.1) is 27.7 Å². The topological polar surface area (TPSA) is 179 Å². The standard InChI is InChI=1S/C44H51ClN10O5/c1-43(2)40(44(3,4)41(43)60-32-7-5-28(23-46)34(45)22-32)51-37(57)30-24-47-42(48-25-30)54-15-12-27(13-16-54)11-14-52-17-19-53(20-18-52)31-6-8-33-29(21-31)26-49-55(39(33)59)35-9-10-36(56)50-38(35)58/h5-8,21-22,24-27,35,40-41H,9-20H2,1-4H3,(H,51,57)(H,50,56,58)/t35-,40-,41-/m1/s1. The van der Waals surface area contributed by atoms with Crippen molar-refractivity contribution in [1.29, 1.82) is 5.26 Å². The van der Waals surface area contributed by atoms with E-state index in [4.69, 9.17) is 16.3 Å². The van der Waals surface area contributed by atoms with Gasteiger partial charge in [-0.05, 0) is 68.5 Å². The Morgan fingerprint density at radius 3 is 2.32 bits per heavy atom. The monoisotopic (exact) mass is 834 g/mol. The van der Waals surface area contributed by atoms with E-state index in [1.807, 2.05) is 18.2 Å². The zero-order valence-corrected chi connectivity index (χ0v) is 35.2. The lowest BCUT2D eigenvalue weighted by Crippen LogP contribution is -2.74. The summed E-state index contributed by atoms with van der Waals surface area (Å²) in [6.07, 6.45) is 8.36. The summed E-state index contributed by atoms with van der Waals surface area (Å²) in [7, 11) is 0. The molecule has 3 amide bonds. The van der Waals surface area contributed by atoms with Crippen LogP contribution in [0.25, 0.3) is 10.8 Å². The van der Waals surface area contributed by atoms with Gasteiger partial charge in [0.15, 0.2) is 0 Å². The Labute approximate surface area is 354 Å². The second-order valence-corrected chi connectivity index (χ2v) is 18.2. The number of benzene rings is 2. The number of nitriles is 1. The molecule has 5 heterocycles. The predicted octanol–water partition coefficient (Wildman–Crippen LogP) is 4.73. The number of ether oxygens (including phenoxy) is 1. The van der Waals surface area contributed by atoms with Gasteiger partial charge < -0.3 is 19.9 Å². The van der Waals surface area contributed by atoms with Crippen molar-refractivity contribution in [3.8, 4) is 11.8 Å². The van der Waals surface area contributed by atoms with Crippen LogP contribution in [-0.2, 0) is 9.59 Å². The van der Waals surface area contributed by atoms with E-state index in [0.717, 1.165) is 76.1 Å². The fraction of sp³-hybridized carbons (Fsp3) is 0.500. The number of amides is 3. The highest BCUT2D eigenvalue weighted by atomic mass is 35.5. The summed E-state index contributed by atoms with van der Waals surface area (Å²) in [5, 5.41) is 20.6. The molecule has 4 fully saturated rings. The van der Waals surface area contributed by atoms with Gasteiger partial charge in [0.1, 0.15) is 24.0 Å². The third-order valence-corrected chi connectivity index (χ3v) is 13.4. The average molecular weight is 835 g/mol. The fourth-order valence-corrected chi connectivity index (χ4v) is 10.1. The Morgan fingerprint density at radius 1 is 0.933 bits per heavy atom. The maximum absolute atomic E-state index is 13.4. The maximum atomic E-state index is 13.4. The van der Waals surface area contributed by atoms with Gasteiger partial charge in [0.25, 0.3) is 17.4 Å². The quantitative estimate of drug-likeness (QED) is 0.210. The number of halogens is 1. The van der Waals surface area contributed by atoms with Crippen molar-refractivity contribution in [2.45, 2.75) is 78.0 Å². The Balaban J connectivity index is 0.772. The summed E-state index contributed by atoms with van der Waals surface area (Å²) < 4.78 is 7.56. The number of piperazine rings is 1. The summed E-state index contributed by atoms with van der Waals surface area (Å²) in [4.78, 5) is 66.9. The second-order valence-electron chi connectivity index (χ2n) is 17.8. The molecule has 4 aliphatic rings. The second kappa shape index (κ2) is 16.5. The minimum absolute atomic E-state index is 0.167. The lowest BCUT2D eigenvalue weighted by atomic mass is 9.49. The molecule has 4 aromatic rings. The van der Waals surface area contributed by atoms with Gasteiger partial charge in [-0.15, -0.1) is 0 Å². The molecular formula is C44H51ClN10O5. The lowest BCUT2D eigenvalue weighted by Gasteiger charge is -2.63. The van der Waals surface area contributed by atoms with E-state index < -0.39 is 11.9 Å². The first-order valence-electron chi connectivity index (χ1n) is 20.8. The third-order valence-electron chi connectivity index (χ3n) is 13.1. The van der Waals surface area contributed by atoms with Crippen molar-refractivity contribution < 1.29 is 19.1 Å².